The summed E-state index contributed by atoms with van der Waals surface area (Å²) in [5, 5.41) is 8.85. The van der Waals surface area contributed by atoms with E-state index < -0.39 is 0 Å². The Labute approximate surface area is 99.8 Å². The smallest absolute Gasteiger partial charge is 0.115 e. The second kappa shape index (κ2) is 4.92. The molecule has 1 heterocycles. The lowest BCUT2D eigenvalue weighted by atomic mass is 10.1. The van der Waals surface area contributed by atoms with Crippen molar-refractivity contribution in [3.63, 3.8) is 0 Å². The van der Waals surface area contributed by atoms with E-state index in [9.17, 15) is 0 Å². The van der Waals surface area contributed by atoms with Crippen LogP contribution in [0.4, 0.5) is 0 Å². The van der Waals surface area contributed by atoms with Gasteiger partial charge in [0.1, 0.15) is 6.33 Å². The maximum Gasteiger partial charge on any atom is 0.115 e. The van der Waals surface area contributed by atoms with Crippen LogP contribution >= 0.6 is 0 Å². The summed E-state index contributed by atoms with van der Waals surface area (Å²) < 4.78 is 0. The summed E-state index contributed by atoms with van der Waals surface area (Å²) in [6.07, 6.45) is 4.77. The van der Waals surface area contributed by atoms with Gasteiger partial charge in [-0.1, -0.05) is 11.8 Å². The van der Waals surface area contributed by atoms with E-state index in [4.69, 9.17) is 5.26 Å². The van der Waals surface area contributed by atoms with E-state index >= 15 is 0 Å². The Hall–Kier alpha value is -2.65. The van der Waals surface area contributed by atoms with Crippen molar-refractivity contribution >= 4 is 0 Å². The largest absolute Gasteiger partial charge is 0.244 e. The molecule has 0 saturated heterocycles. The predicted molar refractivity (Wildman–Crippen MR) is 63.9 cm³/mol. The lowest BCUT2D eigenvalue weighted by Gasteiger charge is -1.95. The van der Waals surface area contributed by atoms with E-state index in [0.29, 0.717) is 5.56 Å². The zero-order chi connectivity index (χ0) is 12.1. The molecule has 80 valence electrons. The molecule has 0 radical (unpaired) electrons. The van der Waals surface area contributed by atoms with Gasteiger partial charge in [-0.15, -0.1) is 0 Å². The fraction of sp³-hybridized carbons (Fsp3) is 0.0714. The Bertz CT molecular complexity index is 628. The monoisotopic (exact) mass is 219 g/mol. The number of aryl methyl sites for hydroxylation is 1. The standard InChI is InChI=1S/C14H9N3/c1-11-4-12(6-14(5-11)7-15)2-3-13-8-16-10-17-9-13/h4-6,8-10H,1H3. The average molecular weight is 219 g/mol. The normalized spacial score (nSPS) is 8.94. The first kappa shape index (κ1) is 10.9. The second-order valence-electron chi connectivity index (χ2n) is 3.58. The Morgan fingerprint density at radius 1 is 0.941 bits per heavy atom. The first-order valence-electron chi connectivity index (χ1n) is 5.07. The van der Waals surface area contributed by atoms with Gasteiger partial charge in [-0.05, 0) is 30.7 Å². The molecule has 3 nitrogen and oxygen atoms in total. The Morgan fingerprint density at radius 2 is 1.59 bits per heavy atom. The fourth-order valence-electron chi connectivity index (χ4n) is 1.43. The zero-order valence-corrected chi connectivity index (χ0v) is 9.31. The first-order chi connectivity index (χ1) is 8.28. The van der Waals surface area contributed by atoms with E-state index in [0.717, 1.165) is 16.7 Å². The average Bonchev–Trinajstić information content (AvgIpc) is 2.37. The number of nitrogens with zero attached hydrogens (tertiary/aromatic N) is 3. The number of nitriles is 1. The van der Waals surface area contributed by atoms with Gasteiger partial charge in [0.25, 0.3) is 0 Å². The summed E-state index contributed by atoms with van der Waals surface area (Å²) in [5.74, 6) is 5.95. The predicted octanol–water partition coefficient (Wildman–Crippen LogP) is 2.06. The number of hydrogen-bond acceptors (Lipinski definition) is 3. The molecule has 3 heteroatoms. The molecule has 0 bridgehead atoms. The molecule has 1 aromatic heterocycles. The lowest BCUT2D eigenvalue weighted by Crippen LogP contribution is -1.83. The molecule has 0 aliphatic rings. The molecule has 0 aliphatic heterocycles. The van der Waals surface area contributed by atoms with E-state index in [-0.39, 0.29) is 0 Å². The maximum atomic E-state index is 8.85. The number of aromatic nitrogens is 2. The van der Waals surface area contributed by atoms with Crippen molar-refractivity contribution in [2.24, 2.45) is 0 Å². The highest BCUT2D eigenvalue weighted by atomic mass is 14.8. The summed E-state index contributed by atoms with van der Waals surface area (Å²) in [4.78, 5) is 7.76. The molecule has 0 spiro atoms. The molecular weight excluding hydrogens is 210 g/mol. The Kier molecular flexibility index (Phi) is 3.14. The summed E-state index contributed by atoms with van der Waals surface area (Å²) in [7, 11) is 0. The highest BCUT2D eigenvalue weighted by Crippen LogP contribution is 2.07. The van der Waals surface area contributed by atoms with Gasteiger partial charge in [-0.25, -0.2) is 9.97 Å². The van der Waals surface area contributed by atoms with Crippen molar-refractivity contribution in [1.29, 1.82) is 5.26 Å². The SMILES string of the molecule is Cc1cc(C#N)cc(C#Cc2cncnc2)c1. The number of benzene rings is 1. The lowest BCUT2D eigenvalue weighted by molar-refractivity contribution is 1.16. The zero-order valence-electron chi connectivity index (χ0n) is 9.31. The molecule has 2 rings (SSSR count). The Morgan fingerprint density at radius 3 is 2.29 bits per heavy atom. The molecule has 0 amide bonds. The van der Waals surface area contributed by atoms with Crippen LogP contribution in [0, 0.1) is 30.1 Å². The van der Waals surface area contributed by atoms with Crippen LogP contribution in [0.5, 0.6) is 0 Å². The third kappa shape index (κ3) is 2.90. The molecule has 1 aromatic carbocycles. The number of hydrogen-bond donors (Lipinski definition) is 0. The van der Waals surface area contributed by atoms with Gasteiger partial charge < -0.3 is 0 Å². The Balaban J connectivity index is 2.35. The molecule has 17 heavy (non-hydrogen) atoms. The third-order valence-corrected chi connectivity index (χ3v) is 2.12. The maximum absolute atomic E-state index is 8.85. The van der Waals surface area contributed by atoms with Crippen LogP contribution in [0.3, 0.4) is 0 Å². The summed E-state index contributed by atoms with van der Waals surface area (Å²) in [6.45, 7) is 1.94. The minimum atomic E-state index is 0.624. The van der Waals surface area contributed by atoms with Crippen molar-refractivity contribution in [3.8, 4) is 17.9 Å². The quantitative estimate of drug-likeness (QED) is 0.637. The topological polar surface area (TPSA) is 49.6 Å². The molecule has 0 N–H and O–H groups in total. The highest BCUT2D eigenvalue weighted by molar-refractivity contribution is 5.47. The van der Waals surface area contributed by atoms with Crippen LogP contribution in [0.25, 0.3) is 0 Å². The molecule has 0 fully saturated rings. The van der Waals surface area contributed by atoms with E-state index in [2.05, 4.69) is 27.9 Å². The minimum Gasteiger partial charge on any atom is -0.244 e. The molecule has 0 aliphatic carbocycles. The first-order valence-corrected chi connectivity index (χ1v) is 5.07. The summed E-state index contributed by atoms with van der Waals surface area (Å²) >= 11 is 0. The van der Waals surface area contributed by atoms with Gasteiger partial charge in [-0.2, -0.15) is 5.26 Å². The highest BCUT2D eigenvalue weighted by Gasteiger charge is 1.95. The van der Waals surface area contributed by atoms with Crippen LogP contribution < -0.4 is 0 Å². The second-order valence-corrected chi connectivity index (χ2v) is 3.58. The van der Waals surface area contributed by atoms with Crippen molar-refractivity contribution < 1.29 is 0 Å². The van der Waals surface area contributed by atoms with E-state index in [1.807, 2.05) is 19.1 Å². The molecule has 2 aromatic rings. The summed E-state index contributed by atoms with van der Waals surface area (Å²) in [6, 6.07) is 7.65. The van der Waals surface area contributed by atoms with Crippen LogP contribution in [-0.2, 0) is 0 Å². The van der Waals surface area contributed by atoms with E-state index in [1.165, 1.54) is 6.33 Å². The number of rotatable bonds is 0. The van der Waals surface area contributed by atoms with Gasteiger partial charge in [0, 0.05) is 18.0 Å². The minimum absolute atomic E-state index is 0.624. The van der Waals surface area contributed by atoms with Gasteiger partial charge in [0.2, 0.25) is 0 Å². The molecule has 0 unspecified atom stereocenters. The van der Waals surface area contributed by atoms with Crippen molar-refractivity contribution in [1.82, 2.24) is 9.97 Å². The molecule has 0 saturated carbocycles. The van der Waals surface area contributed by atoms with Gasteiger partial charge in [-0.3, -0.25) is 0 Å². The van der Waals surface area contributed by atoms with Crippen molar-refractivity contribution in [3.05, 3.63) is 59.2 Å². The third-order valence-electron chi connectivity index (χ3n) is 2.12. The van der Waals surface area contributed by atoms with Gasteiger partial charge in [0.15, 0.2) is 0 Å². The van der Waals surface area contributed by atoms with Gasteiger partial charge >= 0.3 is 0 Å². The van der Waals surface area contributed by atoms with E-state index in [1.54, 1.807) is 18.5 Å². The van der Waals surface area contributed by atoms with Gasteiger partial charge in [0.05, 0.1) is 17.2 Å². The molecular formula is C14H9N3. The van der Waals surface area contributed by atoms with Crippen LogP contribution in [0.15, 0.2) is 36.9 Å². The van der Waals surface area contributed by atoms with Crippen LogP contribution in [0.1, 0.15) is 22.3 Å². The fourth-order valence-corrected chi connectivity index (χ4v) is 1.43. The summed E-state index contributed by atoms with van der Waals surface area (Å²) in [5.41, 5.74) is 3.23. The van der Waals surface area contributed by atoms with Crippen molar-refractivity contribution in [2.75, 3.05) is 0 Å². The van der Waals surface area contributed by atoms with Crippen LogP contribution in [0.2, 0.25) is 0 Å². The van der Waals surface area contributed by atoms with Crippen LogP contribution in [-0.4, -0.2) is 9.97 Å². The molecule has 0 atom stereocenters. The van der Waals surface area contributed by atoms with Crippen molar-refractivity contribution in [2.45, 2.75) is 6.92 Å².